The molecule has 1 N–H and O–H groups in total. The summed E-state index contributed by atoms with van der Waals surface area (Å²) in [4.78, 5) is 24.0. The third-order valence-corrected chi connectivity index (χ3v) is 4.04. The summed E-state index contributed by atoms with van der Waals surface area (Å²) in [6.07, 6.45) is 5.69. The molecule has 0 spiro atoms. The fourth-order valence-electron chi connectivity index (χ4n) is 2.63. The zero-order valence-electron chi connectivity index (χ0n) is 15.4. The van der Waals surface area contributed by atoms with Crippen LogP contribution in [0.25, 0.3) is 12.2 Å². The lowest BCUT2D eigenvalue weighted by Crippen LogP contribution is -2.15. The van der Waals surface area contributed by atoms with Crippen molar-refractivity contribution in [3.63, 3.8) is 0 Å². The number of carbonyl (C=O) groups excluding carboxylic acids is 2. The van der Waals surface area contributed by atoms with Crippen molar-refractivity contribution in [2.24, 2.45) is 0 Å². The van der Waals surface area contributed by atoms with E-state index >= 15 is 0 Å². The van der Waals surface area contributed by atoms with Gasteiger partial charge in [-0.05, 0) is 47.5 Å². The number of aromatic hydroxyl groups is 1. The Kier molecular flexibility index (Phi) is 6.11. The predicted molar refractivity (Wildman–Crippen MR) is 105 cm³/mol. The van der Waals surface area contributed by atoms with Gasteiger partial charge in [0.2, 0.25) is 0 Å². The summed E-state index contributed by atoms with van der Waals surface area (Å²) in [7, 11) is 1.44. The fraction of sp³-hybridized carbons (Fsp3) is 0.182. The van der Waals surface area contributed by atoms with Crippen LogP contribution in [-0.4, -0.2) is 37.0 Å². The summed E-state index contributed by atoms with van der Waals surface area (Å²) >= 11 is 0. The third-order valence-electron chi connectivity index (χ3n) is 4.04. The van der Waals surface area contributed by atoms with Gasteiger partial charge >= 0.3 is 0 Å². The normalized spacial score (nSPS) is 13.0. The highest BCUT2D eigenvalue weighted by Crippen LogP contribution is 2.31. The number of ether oxygens (including phenoxy) is 3. The predicted octanol–water partition coefficient (Wildman–Crippen LogP) is 3.43. The lowest BCUT2D eigenvalue weighted by atomic mass is 10.1. The van der Waals surface area contributed by atoms with E-state index in [1.54, 1.807) is 36.4 Å². The van der Waals surface area contributed by atoms with Gasteiger partial charge in [-0.1, -0.05) is 24.3 Å². The van der Waals surface area contributed by atoms with Gasteiger partial charge in [0.25, 0.3) is 0 Å². The van der Waals surface area contributed by atoms with Crippen LogP contribution in [0.4, 0.5) is 0 Å². The minimum Gasteiger partial charge on any atom is -0.504 e. The maximum absolute atomic E-state index is 12.0. The zero-order valence-corrected chi connectivity index (χ0v) is 15.4. The molecule has 1 aliphatic rings. The quantitative estimate of drug-likeness (QED) is 0.585. The van der Waals surface area contributed by atoms with Gasteiger partial charge in [-0.3, -0.25) is 9.59 Å². The molecule has 1 aliphatic heterocycles. The minimum atomic E-state index is -0.316. The van der Waals surface area contributed by atoms with E-state index in [2.05, 4.69) is 0 Å². The number of methoxy groups -OCH3 is 1. The molecule has 3 rings (SSSR count). The first-order chi connectivity index (χ1) is 13.5. The second kappa shape index (κ2) is 8.90. The van der Waals surface area contributed by atoms with E-state index in [-0.39, 0.29) is 23.7 Å². The van der Waals surface area contributed by atoms with Crippen LogP contribution in [0.2, 0.25) is 0 Å². The van der Waals surface area contributed by atoms with Crippen molar-refractivity contribution < 1.29 is 28.9 Å². The first kappa shape index (κ1) is 19.2. The largest absolute Gasteiger partial charge is 0.504 e. The number of ketones is 2. The molecule has 0 bridgehead atoms. The minimum absolute atomic E-state index is 0.0189. The van der Waals surface area contributed by atoms with Crippen LogP contribution in [-0.2, 0) is 9.59 Å². The topological polar surface area (TPSA) is 82.1 Å². The van der Waals surface area contributed by atoms with Crippen molar-refractivity contribution in [3.05, 3.63) is 59.7 Å². The van der Waals surface area contributed by atoms with Gasteiger partial charge < -0.3 is 19.3 Å². The van der Waals surface area contributed by atoms with Crippen LogP contribution < -0.4 is 14.2 Å². The SMILES string of the molecule is COc1cc(C=CC(=O)CC(=O)C=Cc2ccc3c(c2)OCCO3)ccc1O. The molecule has 0 amide bonds. The Morgan fingerprint density at radius 3 is 2.25 bits per heavy atom. The number of hydrogen-bond donors (Lipinski definition) is 1. The maximum atomic E-state index is 12.0. The molecule has 144 valence electrons. The number of fused-ring (bicyclic) bond motifs is 1. The second-order valence-electron chi connectivity index (χ2n) is 6.11. The fourth-order valence-corrected chi connectivity index (χ4v) is 2.63. The lowest BCUT2D eigenvalue weighted by molar-refractivity contribution is -0.121. The highest BCUT2D eigenvalue weighted by Gasteiger charge is 2.11. The molecular weight excluding hydrogens is 360 g/mol. The van der Waals surface area contributed by atoms with Crippen molar-refractivity contribution in [1.82, 2.24) is 0 Å². The number of carbonyl (C=O) groups is 2. The first-order valence-electron chi connectivity index (χ1n) is 8.73. The molecule has 6 nitrogen and oxygen atoms in total. The van der Waals surface area contributed by atoms with Gasteiger partial charge in [0.1, 0.15) is 13.2 Å². The summed E-state index contributed by atoms with van der Waals surface area (Å²) in [5, 5.41) is 9.57. The zero-order chi connectivity index (χ0) is 19.9. The van der Waals surface area contributed by atoms with Gasteiger partial charge in [-0.25, -0.2) is 0 Å². The van der Waals surface area contributed by atoms with Gasteiger partial charge in [0.05, 0.1) is 13.5 Å². The molecule has 0 atom stereocenters. The average molecular weight is 380 g/mol. The molecule has 0 fully saturated rings. The Balaban J connectivity index is 1.57. The van der Waals surface area contributed by atoms with Crippen molar-refractivity contribution in [2.45, 2.75) is 6.42 Å². The molecule has 2 aromatic carbocycles. The first-order valence-corrected chi connectivity index (χ1v) is 8.73. The maximum Gasteiger partial charge on any atom is 0.163 e. The summed E-state index contributed by atoms with van der Waals surface area (Å²) in [6.45, 7) is 1.01. The van der Waals surface area contributed by atoms with E-state index in [1.165, 1.54) is 25.3 Å². The van der Waals surface area contributed by atoms with Gasteiger partial charge in [0.15, 0.2) is 34.6 Å². The van der Waals surface area contributed by atoms with Gasteiger partial charge in [-0.2, -0.15) is 0 Å². The molecule has 0 unspecified atom stereocenters. The standard InChI is InChI=1S/C22H20O6/c1-26-21-12-15(4-8-19(21)25)2-6-17(23)14-18(24)7-3-16-5-9-20-22(13-16)28-11-10-27-20/h2-9,12-13,25H,10-11,14H2,1H3. The Labute approximate surface area is 162 Å². The molecule has 0 aromatic heterocycles. The molecule has 0 radical (unpaired) electrons. The lowest BCUT2D eigenvalue weighted by Gasteiger charge is -2.18. The van der Waals surface area contributed by atoms with Crippen molar-refractivity contribution >= 4 is 23.7 Å². The van der Waals surface area contributed by atoms with E-state index < -0.39 is 0 Å². The Bertz CT molecular complexity index is 942. The average Bonchev–Trinajstić information content (AvgIpc) is 2.71. The molecule has 28 heavy (non-hydrogen) atoms. The summed E-state index contributed by atoms with van der Waals surface area (Å²) in [5.41, 5.74) is 1.47. The Hall–Kier alpha value is -3.54. The van der Waals surface area contributed by atoms with Crippen LogP contribution in [0.1, 0.15) is 17.5 Å². The molecule has 0 aliphatic carbocycles. The van der Waals surface area contributed by atoms with Crippen LogP contribution in [0, 0.1) is 0 Å². The van der Waals surface area contributed by atoms with E-state index in [9.17, 15) is 14.7 Å². The van der Waals surface area contributed by atoms with Crippen molar-refractivity contribution in [3.8, 4) is 23.0 Å². The van der Waals surface area contributed by atoms with Crippen LogP contribution in [0.3, 0.4) is 0 Å². The highest BCUT2D eigenvalue weighted by molar-refractivity contribution is 6.10. The third kappa shape index (κ3) is 5.01. The summed E-state index contributed by atoms with van der Waals surface area (Å²) < 4.78 is 16.0. The summed E-state index contributed by atoms with van der Waals surface area (Å²) in [6, 6.07) is 10.1. The number of hydrogen-bond acceptors (Lipinski definition) is 6. The van der Waals surface area contributed by atoms with Crippen LogP contribution in [0.5, 0.6) is 23.0 Å². The van der Waals surface area contributed by atoms with E-state index in [4.69, 9.17) is 14.2 Å². The molecular formula is C22H20O6. The van der Waals surface area contributed by atoms with E-state index in [0.717, 1.165) is 5.56 Å². The number of rotatable bonds is 7. The van der Waals surface area contributed by atoms with Crippen LogP contribution in [0.15, 0.2) is 48.6 Å². The second-order valence-corrected chi connectivity index (χ2v) is 6.11. The monoisotopic (exact) mass is 380 g/mol. The summed E-state index contributed by atoms with van der Waals surface area (Å²) in [5.74, 6) is 1.04. The smallest absolute Gasteiger partial charge is 0.163 e. The molecule has 0 saturated carbocycles. The van der Waals surface area contributed by atoms with E-state index in [0.29, 0.717) is 36.0 Å². The molecule has 2 aromatic rings. The van der Waals surface area contributed by atoms with Crippen molar-refractivity contribution in [2.75, 3.05) is 20.3 Å². The Morgan fingerprint density at radius 2 is 1.57 bits per heavy atom. The Morgan fingerprint density at radius 1 is 0.964 bits per heavy atom. The number of phenols is 1. The number of allylic oxidation sites excluding steroid dienone is 2. The number of phenolic OH excluding ortho intramolecular Hbond substituents is 1. The van der Waals surface area contributed by atoms with Crippen molar-refractivity contribution in [1.29, 1.82) is 0 Å². The van der Waals surface area contributed by atoms with E-state index in [1.807, 2.05) is 6.07 Å². The number of benzene rings is 2. The molecule has 0 saturated heterocycles. The highest BCUT2D eigenvalue weighted by atomic mass is 16.6. The van der Waals surface area contributed by atoms with Gasteiger partial charge in [0, 0.05) is 0 Å². The van der Waals surface area contributed by atoms with Gasteiger partial charge in [-0.15, -0.1) is 0 Å². The molecule has 6 heteroatoms. The van der Waals surface area contributed by atoms with Crippen LogP contribution >= 0.6 is 0 Å². The molecule has 1 heterocycles.